The highest BCUT2D eigenvalue weighted by Crippen LogP contribution is 2.20. The number of hydrogen-bond donors (Lipinski definition) is 2. The Bertz CT molecular complexity index is 323. The van der Waals surface area contributed by atoms with Crippen molar-refractivity contribution in [1.29, 1.82) is 0 Å². The maximum atomic E-state index is 12.0. The van der Waals surface area contributed by atoms with E-state index in [9.17, 15) is 9.59 Å². The third kappa shape index (κ3) is 4.58. The van der Waals surface area contributed by atoms with Crippen LogP contribution in [0.4, 0.5) is 4.79 Å². The van der Waals surface area contributed by atoms with Crippen molar-refractivity contribution in [2.75, 3.05) is 31.3 Å². The van der Waals surface area contributed by atoms with Crippen molar-refractivity contribution in [3.05, 3.63) is 0 Å². The van der Waals surface area contributed by atoms with E-state index < -0.39 is 12.0 Å². The van der Waals surface area contributed by atoms with E-state index in [0.29, 0.717) is 11.6 Å². The van der Waals surface area contributed by atoms with Crippen LogP contribution in [-0.2, 0) is 4.79 Å². The van der Waals surface area contributed by atoms with Crippen LogP contribution in [0.25, 0.3) is 0 Å². The fraction of sp³-hybridized carbons (Fsp3) is 0.833. The van der Waals surface area contributed by atoms with Crippen LogP contribution in [0, 0.1) is 0 Å². The average molecular weight is 289 g/mol. The molecule has 1 unspecified atom stereocenters. The molecule has 0 aromatic rings. The molecule has 2 N–H and O–H groups in total. The van der Waals surface area contributed by atoms with Gasteiger partial charge < -0.3 is 20.2 Å². The fourth-order valence-corrected chi connectivity index (χ4v) is 3.20. The minimum atomic E-state index is -0.934. The van der Waals surface area contributed by atoms with Crippen LogP contribution >= 0.6 is 11.8 Å². The van der Waals surface area contributed by atoms with Crippen LogP contribution in [0.15, 0.2) is 0 Å². The molecule has 1 heterocycles. The van der Waals surface area contributed by atoms with Gasteiger partial charge in [0.15, 0.2) is 0 Å². The second kappa shape index (κ2) is 7.59. The Labute approximate surface area is 118 Å². The predicted octanol–water partition coefficient (Wildman–Crippen LogP) is 0.886. The van der Waals surface area contributed by atoms with Crippen molar-refractivity contribution in [2.24, 2.45) is 0 Å². The zero-order valence-electron chi connectivity index (χ0n) is 11.8. The molecule has 0 aliphatic carbocycles. The Hall–Kier alpha value is -0.950. The lowest BCUT2D eigenvalue weighted by atomic mass is 10.3. The minimum Gasteiger partial charge on any atom is -0.480 e. The van der Waals surface area contributed by atoms with Crippen LogP contribution in [0.2, 0.25) is 0 Å². The van der Waals surface area contributed by atoms with Gasteiger partial charge in [-0.1, -0.05) is 13.8 Å². The monoisotopic (exact) mass is 289 g/mol. The number of rotatable bonds is 6. The minimum absolute atomic E-state index is 0.00689. The first-order chi connectivity index (χ1) is 8.99. The van der Waals surface area contributed by atoms with E-state index in [0.717, 1.165) is 19.6 Å². The zero-order chi connectivity index (χ0) is 14.4. The van der Waals surface area contributed by atoms with Crippen molar-refractivity contribution in [3.63, 3.8) is 0 Å². The maximum absolute atomic E-state index is 12.0. The number of hydrogen-bond acceptors (Lipinski definition) is 4. The average Bonchev–Trinajstić information content (AvgIpc) is 2.85. The molecule has 0 bridgehead atoms. The number of likely N-dealkylation sites (N-methyl/N-ethyl adjacent to an activating group) is 1. The van der Waals surface area contributed by atoms with Crippen LogP contribution in [0.1, 0.15) is 20.8 Å². The molecule has 110 valence electrons. The third-order valence-electron chi connectivity index (χ3n) is 3.22. The molecule has 7 heteroatoms. The van der Waals surface area contributed by atoms with Crippen molar-refractivity contribution in [2.45, 2.75) is 32.9 Å². The van der Waals surface area contributed by atoms with Gasteiger partial charge in [-0.2, -0.15) is 0 Å². The van der Waals surface area contributed by atoms with Gasteiger partial charge in [0.2, 0.25) is 0 Å². The topological polar surface area (TPSA) is 72.9 Å². The van der Waals surface area contributed by atoms with Crippen molar-refractivity contribution in [1.82, 2.24) is 15.1 Å². The molecule has 6 nitrogen and oxygen atoms in total. The normalized spacial score (nSPS) is 20.6. The number of aliphatic carboxylic acids is 1. The summed E-state index contributed by atoms with van der Waals surface area (Å²) in [5.41, 5.74) is 0. The molecule has 19 heavy (non-hydrogen) atoms. The van der Waals surface area contributed by atoms with Crippen LogP contribution < -0.4 is 5.32 Å². The van der Waals surface area contributed by atoms with Crippen molar-refractivity contribution in [3.8, 4) is 0 Å². The summed E-state index contributed by atoms with van der Waals surface area (Å²) < 4.78 is 0. The summed E-state index contributed by atoms with van der Waals surface area (Å²) in [6.45, 7) is 8.75. The number of amides is 2. The second-order valence-electron chi connectivity index (χ2n) is 4.66. The summed E-state index contributed by atoms with van der Waals surface area (Å²) in [7, 11) is 0. The predicted molar refractivity (Wildman–Crippen MR) is 76.4 cm³/mol. The highest BCUT2D eigenvalue weighted by Gasteiger charge is 2.34. The first-order valence-corrected chi connectivity index (χ1v) is 7.75. The third-order valence-corrected chi connectivity index (χ3v) is 4.24. The van der Waals surface area contributed by atoms with Crippen molar-refractivity contribution >= 4 is 23.8 Å². The molecule has 2 amide bonds. The van der Waals surface area contributed by atoms with Gasteiger partial charge in [0, 0.05) is 18.3 Å². The molecule has 1 aliphatic rings. The lowest BCUT2D eigenvalue weighted by Crippen LogP contribution is -2.51. The van der Waals surface area contributed by atoms with Gasteiger partial charge in [-0.05, 0) is 20.0 Å². The molecule has 0 aromatic carbocycles. The van der Waals surface area contributed by atoms with Crippen molar-refractivity contribution < 1.29 is 14.7 Å². The molecule has 1 aliphatic heterocycles. The number of carbonyl (C=O) groups is 2. The first kappa shape index (κ1) is 16.1. The Morgan fingerprint density at radius 1 is 1.47 bits per heavy atom. The molecule has 0 spiro atoms. The number of urea groups is 1. The summed E-state index contributed by atoms with van der Waals surface area (Å²) in [4.78, 5) is 26.7. The highest BCUT2D eigenvalue weighted by molar-refractivity contribution is 7.99. The summed E-state index contributed by atoms with van der Waals surface area (Å²) in [6.07, 6.45) is 0. The van der Waals surface area contributed by atoms with E-state index in [2.05, 4.69) is 24.1 Å². The Kier molecular flexibility index (Phi) is 6.44. The second-order valence-corrected chi connectivity index (χ2v) is 5.66. The van der Waals surface area contributed by atoms with Crippen LogP contribution in [-0.4, -0.2) is 70.3 Å². The molecular weight excluding hydrogens is 266 g/mol. The SMILES string of the molecule is CCN(CC)CC(C)NC(=O)N1CSC[C@H]1C(=O)O. The van der Waals surface area contributed by atoms with Gasteiger partial charge in [-0.25, -0.2) is 9.59 Å². The first-order valence-electron chi connectivity index (χ1n) is 6.59. The number of carboxylic acid groups (broad SMARTS) is 1. The Morgan fingerprint density at radius 3 is 2.63 bits per heavy atom. The van der Waals surface area contributed by atoms with E-state index in [1.807, 2.05) is 6.92 Å². The standard InChI is InChI=1S/C12H23N3O3S/c1-4-14(5-2)6-9(3)13-12(18)15-8-19-7-10(15)11(16)17/h9-10H,4-8H2,1-3H3,(H,13,18)(H,16,17)/t9?,10-/m0/s1. The van der Waals surface area contributed by atoms with Gasteiger partial charge in [0.25, 0.3) is 0 Å². The number of nitrogens with zero attached hydrogens (tertiary/aromatic N) is 2. The fourth-order valence-electron chi connectivity index (χ4n) is 2.06. The van der Waals surface area contributed by atoms with Gasteiger partial charge in [0.1, 0.15) is 6.04 Å². The zero-order valence-corrected chi connectivity index (χ0v) is 12.6. The molecule has 0 aromatic heterocycles. The van der Waals surface area contributed by atoms with Gasteiger partial charge in [0.05, 0.1) is 5.88 Å². The number of thioether (sulfide) groups is 1. The van der Waals surface area contributed by atoms with E-state index in [1.165, 1.54) is 16.7 Å². The van der Waals surface area contributed by atoms with E-state index in [1.54, 1.807) is 0 Å². The van der Waals surface area contributed by atoms with Gasteiger partial charge in [-0.15, -0.1) is 11.8 Å². The summed E-state index contributed by atoms with van der Waals surface area (Å²) in [5, 5.41) is 11.9. The summed E-state index contributed by atoms with van der Waals surface area (Å²) in [6, 6.07) is -0.977. The number of nitrogens with one attached hydrogen (secondary N) is 1. The van der Waals surface area contributed by atoms with E-state index in [4.69, 9.17) is 5.11 Å². The lowest BCUT2D eigenvalue weighted by molar-refractivity contribution is -0.140. The molecule has 0 saturated carbocycles. The molecule has 2 atom stereocenters. The molecule has 1 fully saturated rings. The molecule has 0 radical (unpaired) electrons. The molecule has 1 rings (SSSR count). The molecular formula is C12H23N3O3S. The quantitative estimate of drug-likeness (QED) is 0.759. The van der Waals surface area contributed by atoms with Gasteiger partial charge >= 0.3 is 12.0 Å². The molecule has 1 saturated heterocycles. The maximum Gasteiger partial charge on any atom is 0.327 e. The summed E-state index contributed by atoms with van der Waals surface area (Å²) >= 11 is 1.47. The highest BCUT2D eigenvalue weighted by atomic mass is 32.2. The Morgan fingerprint density at radius 2 is 2.11 bits per heavy atom. The van der Waals surface area contributed by atoms with Crippen LogP contribution in [0.5, 0.6) is 0 Å². The number of carbonyl (C=O) groups excluding carboxylic acids is 1. The smallest absolute Gasteiger partial charge is 0.327 e. The van der Waals surface area contributed by atoms with E-state index >= 15 is 0 Å². The van der Waals surface area contributed by atoms with Gasteiger partial charge in [-0.3, -0.25) is 0 Å². The van der Waals surface area contributed by atoms with Crippen LogP contribution in [0.3, 0.4) is 0 Å². The number of carboxylic acids is 1. The largest absolute Gasteiger partial charge is 0.480 e. The Balaban J connectivity index is 2.47. The lowest BCUT2D eigenvalue weighted by Gasteiger charge is -2.27. The van der Waals surface area contributed by atoms with E-state index in [-0.39, 0.29) is 12.1 Å². The summed E-state index contributed by atoms with van der Waals surface area (Å²) in [5.74, 6) is -0.0231.